The van der Waals surface area contributed by atoms with Crippen molar-refractivity contribution in [1.29, 1.82) is 5.41 Å². The van der Waals surface area contributed by atoms with Crippen molar-refractivity contribution in [2.75, 3.05) is 19.5 Å². The molecule has 0 aliphatic heterocycles. The molecule has 6 heteroatoms. The van der Waals surface area contributed by atoms with Crippen molar-refractivity contribution in [3.05, 3.63) is 51.4 Å². The minimum atomic E-state index is -0.297. The number of aryl methyl sites for hydroxylation is 2. The van der Waals surface area contributed by atoms with Crippen LogP contribution in [0.4, 0.5) is 5.69 Å². The lowest BCUT2D eigenvalue weighted by atomic mass is 9.99. The van der Waals surface area contributed by atoms with Crippen molar-refractivity contribution in [2.45, 2.75) is 13.8 Å². The molecule has 0 radical (unpaired) electrons. The standard InChI is InChI=1S/C19H20N4O2/c1-10-7-11(2)22-19(25-4)16(10)12-5-6-13-15(8-12)23-18(24)14(9-20)17(13)21-3/h5-9,20H,1-4H3,(H2,21,23,24). The number of fused-ring (bicyclic) bond motifs is 1. The lowest BCUT2D eigenvalue weighted by Gasteiger charge is -2.14. The first-order valence-corrected chi connectivity index (χ1v) is 7.91. The van der Waals surface area contributed by atoms with Gasteiger partial charge in [0.05, 0.1) is 23.9 Å². The quantitative estimate of drug-likeness (QED) is 0.638. The summed E-state index contributed by atoms with van der Waals surface area (Å²) in [5, 5.41) is 11.3. The largest absolute Gasteiger partial charge is 0.481 e. The summed E-state index contributed by atoms with van der Waals surface area (Å²) in [6.07, 6.45) is 1.06. The first-order valence-electron chi connectivity index (χ1n) is 7.91. The van der Waals surface area contributed by atoms with Crippen LogP contribution in [0, 0.1) is 19.3 Å². The van der Waals surface area contributed by atoms with E-state index < -0.39 is 0 Å². The summed E-state index contributed by atoms with van der Waals surface area (Å²) in [6, 6.07) is 7.81. The number of aromatic nitrogens is 2. The molecule has 0 unspecified atom stereocenters. The molecule has 0 spiro atoms. The van der Waals surface area contributed by atoms with Crippen molar-refractivity contribution in [3.8, 4) is 17.0 Å². The minimum absolute atomic E-state index is 0.297. The minimum Gasteiger partial charge on any atom is -0.481 e. The van der Waals surface area contributed by atoms with Gasteiger partial charge in [0, 0.05) is 29.9 Å². The van der Waals surface area contributed by atoms with Gasteiger partial charge in [-0.1, -0.05) is 12.1 Å². The zero-order chi connectivity index (χ0) is 18.1. The Hall–Kier alpha value is -3.15. The fraction of sp³-hybridized carbons (Fsp3) is 0.211. The van der Waals surface area contributed by atoms with Gasteiger partial charge in [0.25, 0.3) is 5.56 Å². The number of H-pyrrole nitrogens is 1. The van der Waals surface area contributed by atoms with Crippen molar-refractivity contribution in [3.63, 3.8) is 0 Å². The Bertz CT molecular complexity index is 1040. The monoisotopic (exact) mass is 336 g/mol. The Balaban J connectivity index is 2.32. The van der Waals surface area contributed by atoms with Crippen LogP contribution in [0.15, 0.2) is 29.1 Å². The maximum absolute atomic E-state index is 12.2. The van der Waals surface area contributed by atoms with Crippen LogP contribution < -0.4 is 15.6 Å². The molecular formula is C19H20N4O2. The number of aromatic amines is 1. The molecule has 2 heterocycles. The molecule has 128 valence electrons. The summed E-state index contributed by atoms with van der Waals surface area (Å²) in [5.74, 6) is 0.559. The highest BCUT2D eigenvalue weighted by Crippen LogP contribution is 2.34. The van der Waals surface area contributed by atoms with E-state index in [1.165, 1.54) is 0 Å². The lowest BCUT2D eigenvalue weighted by Crippen LogP contribution is -2.15. The zero-order valence-electron chi connectivity index (χ0n) is 14.7. The van der Waals surface area contributed by atoms with Crippen molar-refractivity contribution in [1.82, 2.24) is 9.97 Å². The second kappa shape index (κ2) is 6.39. The molecule has 0 aliphatic rings. The van der Waals surface area contributed by atoms with Crippen LogP contribution in [-0.4, -0.2) is 30.3 Å². The Kier molecular flexibility index (Phi) is 4.27. The maximum Gasteiger partial charge on any atom is 0.259 e. The summed E-state index contributed by atoms with van der Waals surface area (Å²) < 4.78 is 5.45. The summed E-state index contributed by atoms with van der Waals surface area (Å²) in [4.78, 5) is 19.5. The average Bonchev–Trinajstić information content (AvgIpc) is 2.59. The van der Waals surface area contributed by atoms with Crippen LogP contribution in [0.2, 0.25) is 0 Å². The highest BCUT2D eigenvalue weighted by molar-refractivity contribution is 6.01. The normalized spacial score (nSPS) is 10.7. The smallest absolute Gasteiger partial charge is 0.259 e. The number of methoxy groups -OCH3 is 1. The van der Waals surface area contributed by atoms with E-state index in [0.717, 1.165) is 34.0 Å². The second-order valence-electron chi connectivity index (χ2n) is 5.86. The van der Waals surface area contributed by atoms with Crippen molar-refractivity contribution >= 4 is 22.8 Å². The van der Waals surface area contributed by atoms with Gasteiger partial charge in [-0.2, -0.15) is 0 Å². The summed E-state index contributed by atoms with van der Waals surface area (Å²) >= 11 is 0. The van der Waals surface area contributed by atoms with Crippen LogP contribution in [0.5, 0.6) is 5.88 Å². The van der Waals surface area contributed by atoms with Gasteiger partial charge in [-0.3, -0.25) is 4.79 Å². The van der Waals surface area contributed by atoms with Crippen LogP contribution in [0.25, 0.3) is 22.0 Å². The topological polar surface area (TPSA) is 90.9 Å². The van der Waals surface area contributed by atoms with Gasteiger partial charge < -0.3 is 20.4 Å². The SMILES string of the molecule is CNc1c(C=N)c(=O)[nH]c2cc(-c3c(C)cc(C)nc3OC)ccc12. The third kappa shape index (κ3) is 2.76. The molecule has 3 rings (SSSR count). The number of rotatable bonds is 4. The van der Waals surface area contributed by atoms with E-state index in [1.54, 1.807) is 14.2 Å². The van der Waals surface area contributed by atoms with E-state index in [-0.39, 0.29) is 5.56 Å². The molecule has 0 fully saturated rings. The number of benzene rings is 1. The highest BCUT2D eigenvalue weighted by Gasteiger charge is 2.15. The molecule has 3 N–H and O–H groups in total. The molecule has 0 saturated heterocycles. The number of nitrogens with one attached hydrogen (secondary N) is 3. The zero-order valence-corrected chi connectivity index (χ0v) is 14.7. The Morgan fingerprint density at radius 2 is 2.04 bits per heavy atom. The molecule has 0 bridgehead atoms. The van der Waals surface area contributed by atoms with Crippen molar-refractivity contribution < 1.29 is 4.74 Å². The van der Waals surface area contributed by atoms with E-state index in [9.17, 15) is 4.79 Å². The van der Waals surface area contributed by atoms with Gasteiger partial charge in [-0.15, -0.1) is 0 Å². The van der Waals surface area contributed by atoms with Gasteiger partial charge in [-0.05, 0) is 37.1 Å². The molecule has 6 nitrogen and oxygen atoms in total. The van der Waals surface area contributed by atoms with Gasteiger partial charge in [0.15, 0.2) is 0 Å². The average molecular weight is 336 g/mol. The van der Waals surface area contributed by atoms with Gasteiger partial charge >= 0.3 is 0 Å². The fourth-order valence-corrected chi connectivity index (χ4v) is 3.18. The first kappa shape index (κ1) is 16.7. The number of anilines is 1. The number of hydrogen-bond acceptors (Lipinski definition) is 5. The lowest BCUT2D eigenvalue weighted by molar-refractivity contribution is 0.398. The number of pyridine rings is 2. The molecule has 0 atom stereocenters. The Morgan fingerprint density at radius 3 is 2.68 bits per heavy atom. The Labute approximate surface area is 145 Å². The summed E-state index contributed by atoms with van der Waals surface area (Å²) in [6.45, 7) is 3.94. The van der Waals surface area contributed by atoms with E-state index in [2.05, 4.69) is 15.3 Å². The van der Waals surface area contributed by atoms with Crippen LogP contribution in [0.3, 0.4) is 0 Å². The second-order valence-corrected chi connectivity index (χ2v) is 5.86. The number of hydrogen-bond donors (Lipinski definition) is 3. The molecule has 0 amide bonds. The van der Waals surface area contributed by atoms with Gasteiger partial charge in [0.2, 0.25) is 5.88 Å². The highest BCUT2D eigenvalue weighted by atomic mass is 16.5. The molecular weight excluding hydrogens is 316 g/mol. The third-order valence-electron chi connectivity index (χ3n) is 4.24. The van der Waals surface area contributed by atoms with E-state index >= 15 is 0 Å². The predicted molar refractivity (Wildman–Crippen MR) is 101 cm³/mol. The van der Waals surface area contributed by atoms with Crippen LogP contribution >= 0.6 is 0 Å². The third-order valence-corrected chi connectivity index (χ3v) is 4.24. The van der Waals surface area contributed by atoms with Crippen LogP contribution in [-0.2, 0) is 0 Å². The Morgan fingerprint density at radius 1 is 1.28 bits per heavy atom. The van der Waals surface area contributed by atoms with E-state index in [4.69, 9.17) is 10.1 Å². The van der Waals surface area contributed by atoms with Gasteiger partial charge in [0.1, 0.15) is 0 Å². The number of nitrogens with zero attached hydrogens (tertiary/aromatic N) is 1. The van der Waals surface area contributed by atoms with Gasteiger partial charge in [-0.25, -0.2) is 4.98 Å². The number of ether oxygens (including phenoxy) is 1. The van der Waals surface area contributed by atoms with Crippen LogP contribution in [0.1, 0.15) is 16.8 Å². The summed E-state index contributed by atoms with van der Waals surface area (Å²) in [7, 11) is 3.34. The molecule has 0 saturated carbocycles. The molecule has 0 aliphatic carbocycles. The first-order chi connectivity index (χ1) is 12.0. The van der Waals surface area contributed by atoms with E-state index in [1.807, 2.05) is 38.1 Å². The molecule has 1 aromatic carbocycles. The molecule has 3 aromatic rings. The molecule has 2 aromatic heterocycles. The van der Waals surface area contributed by atoms with E-state index in [0.29, 0.717) is 22.6 Å². The predicted octanol–water partition coefficient (Wildman–Crippen LogP) is 3.25. The van der Waals surface area contributed by atoms with Crippen molar-refractivity contribution in [2.24, 2.45) is 0 Å². The summed E-state index contributed by atoms with van der Waals surface area (Å²) in [5.41, 5.74) is 5.11. The maximum atomic E-state index is 12.2. The molecule has 25 heavy (non-hydrogen) atoms. The fourth-order valence-electron chi connectivity index (χ4n) is 3.18.